The number of methoxy groups -OCH3 is 1. The number of anilines is 1. The molecule has 2 aromatic carbocycles. The van der Waals surface area contributed by atoms with Crippen molar-refractivity contribution in [1.82, 2.24) is 0 Å². The van der Waals surface area contributed by atoms with Crippen molar-refractivity contribution in [1.29, 1.82) is 0 Å². The maximum atomic E-state index is 11.5. The summed E-state index contributed by atoms with van der Waals surface area (Å²) in [6.07, 6.45) is 0. The summed E-state index contributed by atoms with van der Waals surface area (Å²) >= 11 is 0. The number of para-hydroxylation sites is 1. The normalized spacial score (nSPS) is 9.95. The third kappa shape index (κ3) is 3.85. The van der Waals surface area contributed by atoms with Gasteiger partial charge in [0.1, 0.15) is 6.54 Å². The molecule has 0 aromatic heterocycles. The lowest BCUT2D eigenvalue weighted by Crippen LogP contribution is -2.30. The van der Waals surface area contributed by atoms with E-state index in [1.54, 1.807) is 0 Å². The van der Waals surface area contributed by atoms with Crippen LogP contribution in [0.2, 0.25) is 0 Å². The van der Waals surface area contributed by atoms with Crippen LogP contribution < -0.4 is 4.90 Å². The van der Waals surface area contributed by atoms with E-state index in [-0.39, 0.29) is 12.5 Å². The van der Waals surface area contributed by atoms with Gasteiger partial charge < -0.3 is 9.64 Å². The molecule has 0 radical (unpaired) electrons. The van der Waals surface area contributed by atoms with E-state index < -0.39 is 0 Å². The van der Waals surface area contributed by atoms with E-state index in [2.05, 4.69) is 0 Å². The quantitative estimate of drug-likeness (QED) is 0.769. The Morgan fingerprint density at radius 1 is 1.00 bits per heavy atom. The molecule has 0 aliphatic heterocycles. The van der Waals surface area contributed by atoms with Gasteiger partial charge in [-0.25, -0.2) is 0 Å². The number of ether oxygens (including phenoxy) is 1. The molecule has 0 unspecified atom stereocenters. The van der Waals surface area contributed by atoms with Gasteiger partial charge in [0.05, 0.1) is 7.11 Å². The number of rotatable bonds is 5. The fraction of sp³-hybridized carbons (Fsp3) is 0.188. The zero-order valence-electron chi connectivity index (χ0n) is 11.0. The molecule has 0 saturated heterocycles. The first kappa shape index (κ1) is 13.1. The Bertz CT molecular complexity index is 511. The van der Waals surface area contributed by atoms with E-state index in [0.717, 1.165) is 11.3 Å². The van der Waals surface area contributed by atoms with Crippen molar-refractivity contribution in [2.45, 2.75) is 6.54 Å². The molecule has 2 rings (SSSR count). The summed E-state index contributed by atoms with van der Waals surface area (Å²) in [5, 5.41) is 0. The minimum atomic E-state index is -0.236. The van der Waals surface area contributed by atoms with Gasteiger partial charge in [0.25, 0.3) is 0 Å². The second-order valence-electron chi connectivity index (χ2n) is 4.25. The van der Waals surface area contributed by atoms with Crippen LogP contribution in [-0.2, 0) is 16.1 Å². The number of hydrogen-bond acceptors (Lipinski definition) is 3. The van der Waals surface area contributed by atoms with Gasteiger partial charge in [-0.15, -0.1) is 0 Å². The molecule has 0 saturated carbocycles. The van der Waals surface area contributed by atoms with E-state index in [1.165, 1.54) is 7.11 Å². The summed E-state index contributed by atoms with van der Waals surface area (Å²) in [7, 11) is 1.41. The lowest BCUT2D eigenvalue weighted by atomic mass is 10.2. The zero-order chi connectivity index (χ0) is 13.5. The van der Waals surface area contributed by atoms with Crippen LogP contribution in [0.4, 0.5) is 5.69 Å². The van der Waals surface area contributed by atoms with Gasteiger partial charge in [0.2, 0.25) is 0 Å². The summed E-state index contributed by atoms with van der Waals surface area (Å²) in [4.78, 5) is 13.5. The van der Waals surface area contributed by atoms with Gasteiger partial charge in [0, 0.05) is 12.2 Å². The summed E-state index contributed by atoms with van der Waals surface area (Å²) in [5.74, 6) is -0.236. The average Bonchev–Trinajstić information content (AvgIpc) is 2.48. The second-order valence-corrected chi connectivity index (χ2v) is 4.25. The first-order valence-electron chi connectivity index (χ1n) is 6.20. The van der Waals surface area contributed by atoms with E-state index in [0.29, 0.717) is 6.54 Å². The Morgan fingerprint density at radius 3 is 2.16 bits per heavy atom. The third-order valence-corrected chi connectivity index (χ3v) is 2.89. The molecule has 3 heteroatoms. The molecule has 3 nitrogen and oxygen atoms in total. The highest BCUT2D eigenvalue weighted by Gasteiger charge is 2.12. The van der Waals surface area contributed by atoms with Gasteiger partial charge in [-0.2, -0.15) is 0 Å². The van der Waals surface area contributed by atoms with Crippen LogP contribution in [0.15, 0.2) is 60.7 Å². The van der Waals surface area contributed by atoms with Crippen molar-refractivity contribution in [3.63, 3.8) is 0 Å². The molecule has 0 aliphatic rings. The van der Waals surface area contributed by atoms with Crippen molar-refractivity contribution >= 4 is 11.7 Å². The van der Waals surface area contributed by atoms with Crippen molar-refractivity contribution in [2.24, 2.45) is 0 Å². The predicted molar refractivity (Wildman–Crippen MR) is 76.0 cm³/mol. The summed E-state index contributed by atoms with van der Waals surface area (Å²) in [5.41, 5.74) is 2.17. The van der Waals surface area contributed by atoms with Crippen molar-refractivity contribution in [2.75, 3.05) is 18.6 Å². The smallest absolute Gasteiger partial charge is 0.325 e. The molecular weight excluding hydrogens is 238 g/mol. The number of hydrogen-bond donors (Lipinski definition) is 0. The third-order valence-electron chi connectivity index (χ3n) is 2.89. The molecule has 0 bridgehead atoms. The highest BCUT2D eigenvalue weighted by atomic mass is 16.5. The molecule has 0 fully saturated rings. The molecular formula is C16H17NO2. The minimum Gasteiger partial charge on any atom is -0.468 e. The van der Waals surface area contributed by atoms with Gasteiger partial charge in [0.15, 0.2) is 0 Å². The largest absolute Gasteiger partial charge is 0.468 e. The van der Waals surface area contributed by atoms with Crippen molar-refractivity contribution in [3.05, 3.63) is 66.2 Å². The maximum absolute atomic E-state index is 11.5. The standard InChI is InChI=1S/C16H17NO2/c1-19-16(18)13-17(15-10-6-3-7-11-15)12-14-8-4-2-5-9-14/h2-11H,12-13H2,1H3. The first-order chi connectivity index (χ1) is 9.29. The van der Waals surface area contributed by atoms with Gasteiger partial charge in [-0.3, -0.25) is 4.79 Å². The van der Waals surface area contributed by atoms with Crippen LogP contribution in [0.5, 0.6) is 0 Å². The van der Waals surface area contributed by atoms with Gasteiger partial charge in [-0.05, 0) is 17.7 Å². The van der Waals surface area contributed by atoms with Crippen LogP contribution in [-0.4, -0.2) is 19.6 Å². The zero-order valence-corrected chi connectivity index (χ0v) is 11.0. The molecule has 2 aromatic rings. The van der Waals surface area contributed by atoms with Gasteiger partial charge >= 0.3 is 5.97 Å². The number of carbonyl (C=O) groups excluding carboxylic acids is 1. The molecule has 98 valence electrons. The fourth-order valence-corrected chi connectivity index (χ4v) is 1.90. The van der Waals surface area contributed by atoms with Crippen LogP contribution in [0.3, 0.4) is 0 Å². The van der Waals surface area contributed by atoms with E-state index in [4.69, 9.17) is 4.74 Å². The number of benzene rings is 2. The summed E-state index contributed by atoms with van der Waals surface area (Å²) in [6.45, 7) is 0.926. The molecule has 0 amide bonds. The molecule has 0 aliphatic carbocycles. The lowest BCUT2D eigenvalue weighted by molar-refractivity contribution is -0.138. The Hall–Kier alpha value is -2.29. The van der Waals surface area contributed by atoms with E-state index in [1.807, 2.05) is 65.6 Å². The highest BCUT2D eigenvalue weighted by molar-refractivity contribution is 5.75. The van der Waals surface area contributed by atoms with Gasteiger partial charge in [-0.1, -0.05) is 48.5 Å². The minimum absolute atomic E-state index is 0.236. The number of nitrogens with zero attached hydrogens (tertiary/aromatic N) is 1. The molecule has 0 spiro atoms. The fourth-order valence-electron chi connectivity index (χ4n) is 1.90. The molecule has 19 heavy (non-hydrogen) atoms. The summed E-state index contributed by atoms with van der Waals surface area (Å²) in [6, 6.07) is 19.9. The van der Waals surface area contributed by atoms with Crippen molar-refractivity contribution < 1.29 is 9.53 Å². The predicted octanol–water partition coefficient (Wildman–Crippen LogP) is 2.87. The van der Waals surface area contributed by atoms with Crippen LogP contribution in [0.1, 0.15) is 5.56 Å². The van der Waals surface area contributed by atoms with Crippen LogP contribution in [0.25, 0.3) is 0 Å². The average molecular weight is 255 g/mol. The first-order valence-corrected chi connectivity index (χ1v) is 6.20. The second kappa shape index (κ2) is 6.59. The van der Waals surface area contributed by atoms with E-state index in [9.17, 15) is 4.79 Å². The molecule has 0 N–H and O–H groups in total. The maximum Gasteiger partial charge on any atom is 0.325 e. The Kier molecular flexibility index (Phi) is 4.56. The lowest BCUT2D eigenvalue weighted by Gasteiger charge is -2.23. The monoisotopic (exact) mass is 255 g/mol. The Morgan fingerprint density at radius 2 is 1.58 bits per heavy atom. The number of carbonyl (C=O) groups is 1. The van der Waals surface area contributed by atoms with Crippen LogP contribution in [0, 0.1) is 0 Å². The molecule has 0 atom stereocenters. The topological polar surface area (TPSA) is 29.5 Å². The van der Waals surface area contributed by atoms with Crippen LogP contribution >= 0.6 is 0 Å². The summed E-state index contributed by atoms with van der Waals surface area (Å²) < 4.78 is 4.76. The molecule has 0 heterocycles. The highest BCUT2D eigenvalue weighted by Crippen LogP contribution is 2.16. The Labute approximate surface area is 113 Å². The Balaban J connectivity index is 2.17. The van der Waals surface area contributed by atoms with Crippen molar-refractivity contribution in [3.8, 4) is 0 Å². The number of esters is 1. The SMILES string of the molecule is COC(=O)CN(Cc1ccccc1)c1ccccc1. The van der Waals surface area contributed by atoms with E-state index >= 15 is 0 Å².